The van der Waals surface area contributed by atoms with E-state index in [0.29, 0.717) is 12.4 Å². The molecule has 2 rings (SSSR count). The van der Waals surface area contributed by atoms with Crippen molar-refractivity contribution in [2.45, 2.75) is 6.54 Å². The topological polar surface area (TPSA) is 62.8 Å². The second kappa shape index (κ2) is 4.45. The van der Waals surface area contributed by atoms with Crippen LogP contribution in [0.15, 0.2) is 30.6 Å². The molecule has 78 valence electrons. The van der Waals surface area contributed by atoms with Crippen molar-refractivity contribution in [1.29, 1.82) is 0 Å². The molecule has 2 N–H and O–H groups in total. The van der Waals surface area contributed by atoms with E-state index in [0.717, 1.165) is 11.4 Å². The van der Waals surface area contributed by atoms with Gasteiger partial charge in [-0.3, -0.25) is 5.10 Å². The van der Waals surface area contributed by atoms with Gasteiger partial charge >= 0.3 is 0 Å². The van der Waals surface area contributed by atoms with Gasteiger partial charge in [-0.15, -0.1) is 0 Å². The lowest BCUT2D eigenvalue weighted by atomic mass is 10.3. The summed E-state index contributed by atoms with van der Waals surface area (Å²) < 4.78 is 5.02. The van der Waals surface area contributed by atoms with Gasteiger partial charge < -0.3 is 10.1 Å². The van der Waals surface area contributed by atoms with E-state index in [1.165, 1.54) is 0 Å². The Bertz CT molecular complexity index is 413. The number of hydrogen-bond donors (Lipinski definition) is 2. The molecule has 0 saturated heterocycles. The van der Waals surface area contributed by atoms with Crippen LogP contribution in [0, 0.1) is 0 Å². The summed E-state index contributed by atoms with van der Waals surface area (Å²) in [5.74, 6) is 1.39. The maximum Gasteiger partial charge on any atom is 0.214 e. The second-order valence-electron chi connectivity index (χ2n) is 3.03. The molecule has 0 radical (unpaired) electrons. The summed E-state index contributed by atoms with van der Waals surface area (Å²) in [6.45, 7) is 0.691. The fraction of sp³-hybridized carbons (Fsp3) is 0.200. The van der Waals surface area contributed by atoms with Crippen LogP contribution >= 0.6 is 0 Å². The summed E-state index contributed by atoms with van der Waals surface area (Å²) >= 11 is 0. The summed E-state index contributed by atoms with van der Waals surface area (Å²) in [5.41, 5.74) is 1.08. The first-order valence-corrected chi connectivity index (χ1v) is 4.61. The zero-order valence-electron chi connectivity index (χ0n) is 8.40. The van der Waals surface area contributed by atoms with Crippen LogP contribution < -0.4 is 10.1 Å². The first-order chi connectivity index (χ1) is 7.38. The van der Waals surface area contributed by atoms with Crippen LogP contribution in [0.25, 0.3) is 0 Å². The molecule has 0 amide bonds. The van der Waals surface area contributed by atoms with E-state index < -0.39 is 0 Å². The van der Waals surface area contributed by atoms with Crippen LogP contribution in [0.4, 0.5) is 5.82 Å². The van der Waals surface area contributed by atoms with Gasteiger partial charge in [-0.1, -0.05) is 6.07 Å². The van der Waals surface area contributed by atoms with Gasteiger partial charge in [-0.05, 0) is 6.07 Å². The normalized spacial score (nSPS) is 9.93. The highest BCUT2D eigenvalue weighted by Crippen LogP contribution is 2.11. The number of nitrogens with zero attached hydrogens (tertiary/aromatic N) is 2. The van der Waals surface area contributed by atoms with E-state index in [4.69, 9.17) is 4.74 Å². The molecule has 2 aromatic rings. The fourth-order valence-corrected chi connectivity index (χ4v) is 1.19. The molecule has 0 aliphatic carbocycles. The van der Waals surface area contributed by atoms with Gasteiger partial charge in [0.2, 0.25) is 5.88 Å². The van der Waals surface area contributed by atoms with Gasteiger partial charge in [-0.25, -0.2) is 0 Å². The quantitative estimate of drug-likeness (QED) is 0.790. The lowest BCUT2D eigenvalue weighted by Crippen LogP contribution is -2.00. The summed E-state index contributed by atoms with van der Waals surface area (Å²) in [5, 5.41) is 9.78. The zero-order valence-corrected chi connectivity index (χ0v) is 8.40. The number of H-pyrrole nitrogens is 1. The summed E-state index contributed by atoms with van der Waals surface area (Å²) in [6, 6.07) is 5.59. The van der Waals surface area contributed by atoms with Gasteiger partial charge in [-0.2, -0.15) is 10.1 Å². The Morgan fingerprint density at radius 1 is 1.47 bits per heavy atom. The summed E-state index contributed by atoms with van der Waals surface area (Å²) in [7, 11) is 1.60. The highest BCUT2D eigenvalue weighted by atomic mass is 16.5. The summed E-state index contributed by atoms with van der Waals surface area (Å²) in [4.78, 5) is 4.23. The molecule has 0 unspecified atom stereocenters. The number of aromatic nitrogens is 3. The molecule has 0 fully saturated rings. The predicted molar refractivity (Wildman–Crippen MR) is 56.7 cm³/mol. The number of hydrogen-bond acceptors (Lipinski definition) is 4. The van der Waals surface area contributed by atoms with Crippen LogP contribution in [0.5, 0.6) is 5.88 Å². The molecule has 0 aliphatic rings. The molecule has 2 heterocycles. The molecule has 0 atom stereocenters. The Hall–Kier alpha value is -2.04. The van der Waals surface area contributed by atoms with Crippen molar-refractivity contribution in [3.8, 4) is 5.88 Å². The van der Waals surface area contributed by atoms with Crippen LogP contribution in [0.1, 0.15) is 5.56 Å². The molecule has 5 nitrogen and oxygen atoms in total. The predicted octanol–water partition coefficient (Wildman–Crippen LogP) is 1.43. The Labute approximate surface area is 87.5 Å². The highest BCUT2D eigenvalue weighted by molar-refractivity contribution is 5.37. The second-order valence-corrected chi connectivity index (χ2v) is 3.03. The maximum atomic E-state index is 5.02. The molecule has 5 heteroatoms. The molecule has 2 aromatic heterocycles. The summed E-state index contributed by atoms with van der Waals surface area (Å²) in [6.07, 6.45) is 3.61. The SMILES string of the molecule is COc1cccc(NCc2cn[nH]c2)n1. The lowest BCUT2D eigenvalue weighted by Gasteiger charge is -2.04. The van der Waals surface area contributed by atoms with Crippen molar-refractivity contribution in [2.75, 3.05) is 12.4 Å². The minimum atomic E-state index is 0.604. The molecule has 0 bridgehead atoms. The average molecular weight is 204 g/mol. The number of rotatable bonds is 4. The number of aromatic amines is 1. The first-order valence-electron chi connectivity index (χ1n) is 4.61. The van der Waals surface area contributed by atoms with Gasteiger partial charge in [0.15, 0.2) is 0 Å². The van der Waals surface area contributed by atoms with Crippen molar-refractivity contribution < 1.29 is 4.74 Å². The van der Waals surface area contributed by atoms with E-state index in [9.17, 15) is 0 Å². The number of anilines is 1. The Kier molecular flexibility index (Phi) is 2.82. The van der Waals surface area contributed by atoms with Crippen LogP contribution in [0.3, 0.4) is 0 Å². The van der Waals surface area contributed by atoms with E-state index >= 15 is 0 Å². The van der Waals surface area contributed by atoms with Gasteiger partial charge in [0.25, 0.3) is 0 Å². The number of ether oxygens (including phenoxy) is 1. The Morgan fingerprint density at radius 3 is 3.13 bits per heavy atom. The molecular formula is C10H12N4O. The van der Waals surface area contributed by atoms with Crippen molar-refractivity contribution in [3.05, 3.63) is 36.2 Å². The Balaban J connectivity index is 1.98. The number of methoxy groups -OCH3 is 1. The van der Waals surface area contributed by atoms with E-state index in [2.05, 4.69) is 20.5 Å². The first kappa shape index (κ1) is 9.51. The van der Waals surface area contributed by atoms with Crippen molar-refractivity contribution in [3.63, 3.8) is 0 Å². The third kappa shape index (κ3) is 2.46. The van der Waals surface area contributed by atoms with E-state index in [1.54, 1.807) is 13.3 Å². The molecule has 0 aromatic carbocycles. The molecule has 0 saturated carbocycles. The van der Waals surface area contributed by atoms with Crippen molar-refractivity contribution in [2.24, 2.45) is 0 Å². The van der Waals surface area contributed by atoms with Gasteiger partial charge in [0, 0.05) is 24.4 Å². The Morgan fingerprint density at radius 2 is 2.40 bits per heavy atom. The van der Waals surface area contributed by atoms with Crippen molar-refractivity contribution in [1.82, 2.24) is 15.2 Å². The van der Waals surface area contributed by atoms with Crippen LogP contribution in [-0.2, 0) is 6.54 Å². The maximum absolute atomic E-state index is 5.02. The molecular weight excluding hydrogens is 192 g/mol. The van der Waals surface area contributed by atoms with Gasteiger partial charge in [0.05, 0.1) is 13.3 Å². The molecule has 0 spiro atoms. The van der Waals surface area contributed by atoms with Crippen LogP contribution in [-0.4, -0.2) is 22.3 Å². The third-order valence-electron chi connectivity index (χ3n) is 1.96. The minimum Gasteiger partial charge on any atom is -0.481 e. The largest absolute Gasteiger partial charge is 0.481 e. The number of pyridine rings is 1. The lowest BCUT2D eigenvalue weighted by molar-refractivity contribution is 0.398. The molecule has 0 aliphatic heterocycles. The fourth-order valence-electron chi connectivity index (χ4n) is 1.19. The van der Waals surface area contributed by atoms with E-state index in [1.807, 2.05) is 24.4 Å². The van der Waals surface area contributed by atoms with E-state index in [-0.39, 0.29) is 0 Å². The highest BCUT2D eigenvalue weighted by Gasteiger charge is 1.97. The number of nitrogens with one attached hydrogen (secondary N) is 2. The molecule has 15 heavy (non-hydrogen) atoms. The average Bonchev–Trinajstić information content (AvgIpc) is 2.79. The van der Waals surface area contributed by atoms with Gasteiger partial charge in [0.1, 0.15) is 5.82 Å². The zero-order chi connectivity index (χ0) is 10.5. The standard InChI is InChI=1S/C10H12N4O/c1-15-10-4-2-3-9(14-10)11-5-8-6-12-13-7-8/h2-4,6-7H,5H2,1H3,(H,11,14)(H,12,13). The minimum absolute atomic E-state index is 0.604. The van der Waals surface area contributed by atoms with Crippen LogP contribution in [0.2, 0.25) is 0 Å². The van der Waals surface area contributed by atoms with Crippen molar-refractivity contribution >= 4 is 5.82 Å². The third-order valence-corrected chi connectivity index (χ3v) is 1.96. The smallest absolute Gasteiger partial charge is 0.214 e. The monoisotopic (exact) mass is 204 g/mol.